The maximum atomic E-state index is 2.34. The van der Waals surface area contributed by atoms with E-state index in [1.54, 1.807) is 0 Å². The van der Waals surface area contributed by atoms with E-state index in [2.05, 4.69) is 75.8 Å². The van der Waals surface area contributed by atoms with Gasteiger partial charge in [-0.25, -0.2) is 4.57 Å². The second-order valence-electron chi connectivity index (χ2n) is 5.38. The lowest BCUT2D eigenvalue weighted by Gasteiger charge is -2.13. The highest BCUT2D eigenvalue weighted by atomic mass is 14.9. The van der Waals surface area contributed by atoms with Crippen molar-refractivity contribution in [3.63, 3.8) is 0 Å². The van der Waals surface area contributed by atoms with E-state index in [1.807, 2.05) is 0 Å². The molecule has 0 amide bonds. The third-order valence-electron chi connectivity index (χ3n) is 3.57. The predicted molar refractivity (Wildman–Crippen MR) is 76.6 cm³/mol. The Hall–Kier alpha value is -1.63. The molecule has 0 aliphatic rings. The van der Waals surface area contributed by atoms with Crippen molar-refractivity contribution in [3.8, 4) is 11.3 Å². The number of aromatic nitrogens is 1. The van der Waals surface area contributed by atoms with Gasteiger partial charge in [-0.1, -0.05) is 19.9 Å². The molecule has 0 saturated heterocycles. The first-order chi connectivity index (χ1) is 8.50. The molecule has 0 N–H and O–H groups in total. The van der Waals surface area contributed by atoms with E-state index in [-0.39, 0.29) is 0 Å². The number of benzene rings is 1. The summed E-state index contributed by atoms with van der Waals surface area (Å²) in [7, 11) is 2.10. The molecule has 94 valence electrons. The first-order valence-corrected chi connectivity index (χ1v) is 6.57. The number of hydrogen-bond acceptors (Lipinski definition) is 0. The summed E-state index contributed by atoms with van der Waals surface area (Å²) in [5.74, 6) is 0.585. The SMILES string of the molecule is Cc1cc(C(C)C)c(C)cc1-c1cccc[n+]1C. The van der Waals surface area contributed by atoms with E-state index in [1.165, 1.54) is 27.9 Å². The zero-order valence-electron chi connectivity index (χ0n) is 12.0. The molecular formula is C17H22N+. The smallest absolute Gasteiger partial charge is 0.201 e. The van der Waals surface area contributed by atoms with Gasteiger partial charge in [-0.3, -0.25) is 0 Å². The van der Waals surface area contributed by atoms with Crippen LogP contribution >= 0.6 is 0 Å². The van der Waals surface area contributed by atoms with E-state index >= 15 is 0 Å². The van der Waals surface area contributed by atoms with Gasteiger partial charge >= 0.3 is 0 Å². The monoisotopic (exact) mass is 240 g/mol. The molecule has 18 heavy (non-hydrogen) atoms. The van der Waals surface area contributed by atoms with Crippen LogP contribution in [0.3, 0.4) is 0 Å². The van der Waals surface area contributed by atoms with Crippen LogP contribution in [0.5, 0.6) is 0 Å². The van der Waals surface area contributed by atoms with Gasteiger partial charge in [0, 0.05) is 17.7 Å². The van der Waals surface area contributed by atoms with Crippen molar-refractivity contribution in [1.82, 2.24) is 0 Å². The fourth-order valence-electron chi connectivity index (χ4n) is 2.54. The first-order valence-electron chi connectivity index (χ1n) is 6.57. The molecular weight excluding hydrogens is 218 g/mol. The molecule has 0 aliphatic heterocycles. The van der Waals surface area contributed by atoms with Gasteiger partial charge in [0.1, 0.15) is 7.05 Å². The number of rotatable bonds is 2. The Morgan fingerprint density at radius 1 is 1.00 bits per heavy atom. The average Bonchev–Trinajstić information content (AvgIpc) is 2.32. The summed E-state index contributed by atoms with van der Waals surface area (Å²) in [6, 6.07) is 11.0. The minimum absolute atomic E-state index is 0.585. The van der Waals surface area contributed by atoms with Crippen LogP contribution in [0, 0.1) is 13.8 Å². The normalized spacial score (nSPS) is 11.0. The summed E-state index contributed by atoms with van der Waals surface area (Å²) >= 11 is 0. The van der Waals surface area contributed by atoms with Crippen molar-refractivity contribution in [2.75, 3.05) is 0 Å². The number of pyridine rings is 1. The van der Waals surface area contributed by atoms with Gasteiger partial charge in [0.15, 0.2) is 6.20 Å². The van der Waals surface area contributed by atoms with E-state index < -0.39 is 0 Å². The standard InChI is InChI=1S/C17H22N/c1-12(2)15-10-14(4)16(11-13(15)3)17-8-6-7-9-18(17)5/h6-12H,1-5H3/q+1. The fraction of sp³-hybridized carbons (Fsp3) is 0.353. The Bertz CT molecular complexity index is 568. The van der Waals surface area contributed by atoms with Crippen LogP contribution in [-0.2, 0) is 7.05 Å². The molecule has 0 fully saturated rings. The Balaban J connectivity index is 2.61. The molecule has 2 rings (SSSR count). The van der Waals surface area contributed by atoms with E-state index in [9.17, 15) is 0 Å². The molecule has 0 unspecified atom stereocenters. The lowest BCUT2D eigenvalue weighted by atomic mass is 9.92. The minimum Gasteiger partial charge on any atom is -0.201 e. The van der Waals surface area contributed by atoms with Gasteiger partial charge < -0.3 is 0 Å². The van der Waals surface area contributed by atoms with Gasteiger partial charge in [-0.05, 0) is 48.6 Å². The second kappa shape index (κ2) is 4.93. The molecule has 0 atom stereocenters. The van der Waals surface area contributed by atoms with Crippen molar-refractivity contribution in [2.45, 2.75) is 33.6 Å². The lowest BCUT2D eigenvalue weighted by Crippen LogP contribution is -2.30. The molecule has 1 aromatic heterocycles. The molecule has 2 aromatic rings. The number of nitrogens with zero attached hydrogens (tertiary/aromatic N) is 1. The van der Waals surface area contributed by atoms with Crippen LogP contribution < -0.4 is 4.57 Å². The van der Waals surface area contributed by atoms with Crippen LogP contribution in [-0.4, -0.2) is 0 Å². The van der Waals surface area contributed by atoms with Crippen molar-refractivity contribution < 1.29 is 4.57 Å². The highest BCUT2D eigenvalue weighted by molar-refractivity contribution is 5.63. The molecule has 1 heterocycles. The Kier molecular flexibility index (Phi) is 3.51. The Morgan fingerprint density at radius 2 is 1.72 bits per heavy atom. The molecule has 0 saturated carbocycles. The third-order valence-corrected chi connectivity index (χ3v) is 3.57. The van der Waals surface area contributed by atoms with Gasteiger partial charge in [0.05, 0.1) is 0 Å². The summed E-state index contributed by atoms with van der Waals surface area (Å²) in [4.78, 5) is 0. The maximum Gasteiger partial charge on any atom is 0.212 e. The van der Waals surface area contributed by atoms with Crippen molar-refractivity contribution in [2.24, 2.45) is 7.05 Å². The van der Waals surface area contributed by atoms with E-state index in [0.29, 0.717) is 5.92 Å². The lowest BCUT2D eigenvalue weighted by molar-refractivity contribution is -0.660. The third kappa shape index (κ3) is 2.31. The van der Waals surface area contributed by atoms with Crippen LogP contribution in [0.2, 0.25) is 0 Å². The quantitative estimate of drug-likeness (QED) is 0.701. The van der Waals surface area contributed by atoms with Crippen molar-refractivity contribution in [1.29, 1.82) is 0 Å². The topological polar surface area (TPSA) is 3.88 Å². The van der Waals surface area contributed by atoms with Crippen LogP contribution in [0.15, 0.2) is 36.5 Å². The fourth-order valence-corrected chi connectivity index (χ4v) is 2.54. The van der Waals surface area contributed by atoms with Gasteiger partial charge in [0.2, 0.25) is 5.69 Å². The maximum absolute atomic E-state index is 2.34. The van der Waals surface area contributed by atoms with Crippen molar-refractivity contribution >= 4 is 0 Å². The zero-order chi connectivity index (χ0) is 13.3. The average molecular weight is 240 g/mol. The molecule has 0 aliphatic carbocycles. The second-order valence-corrected chi connectivity index (χ2v) is 5.38. The van der Waals surface area contributed by atoms with Crippen LogP contribution in [0.1, 0.15) is 36.5 Å². The molecule has 0 bridgehead atoms. The van der Waals surface area contributed by atoms with Crippen LogP contribution in [0.25, 0.3) is 11.3 Å². The molecule has 1 heteroatoms. The Labute approximate surface area is 110 Å². The van der Waals surface area contributed by atoms with Gasteiger partial charge in [-0.2, -0.15) is 0 Å². The summed E-state index contributed by atoms with van der Waals surface area (Å²) in [6.45, 7) is 8.92. The van der Waals surface area contributed by atoms with E-state index in [0.717, 1.165) is 0 Å². The summed E-state index contributed by atoms with van der Waals surface area (Å²) < 4.78 is 2.18. The molecule has 0 spiro atoms. The molecule has 1 aromatic carbocycles. The molecule has 0 radical (unpaired) electrons. The van der Waals surface area contributed by atoms with Gasteiger partial charge in [0.25, 0.3) is 0 Å². The predicted octanol–water partition coefficient (Wildman–Crippen LogP) is 3.92. The van der Waals surface area contributed by atoms with E-state index in [4.69, 9.17) is 0 Å². The highest BCUT2D eigenvalue weighted by Gasteiger charge is 2.14. The summed E-state index contributed by atoms with van der Waals surface area (Å²) in [5.41, 5.74) is 6.80. The number of aryl methyl sites for hydroxylation is 3. The largest absolute Gasteiger partial charge is 0.212 e. The van der Waals surface area contributed by atoms with Crippen LogP contribution in [0.4, 0.5) is 0 Å². The summed E-state index contributed by atoms with van der Waals surface area (Å²) in [5, 5.41) is 0. The molecule has 1 nitrogen and oxygen atoms in total. The Morgan fingerprint density at radius 3 is 2.33 bits per heavy atom. The van der Waals surface area contributed by atoms with Gasteiger partial charge in [-0.15, -0.1) is 0 Å². The first kappa shape index (κ1) is 12.8. The summed E-state index contributed by atoms with van der Waals surface area (Å²) in [6.07, 6.45) is 2.10. The minimum atomic E-state index is 0.585. The van der Waals surface area contributed by atoms with Crippen molar-refractivity contribution in [3.05, 3.63) is 53.2 Å². The highest BCUT2D eigenvalue weighted by Crippen LogP contribution is 2.27. The number of hydrogen-bond donors (Lipinski definition) is 0. The zero-order valence-corrected chi connectivity index (χ0v) is 12.0.